The molecule has 184 valence electrons. The third-order valence-corrected chi connectivity index (χ3v) is 6.57. The van der Waals surface area contributed by atoms with Gasteiger partial charge < -0.3 is 23.8 Å². The number of fused-ring (bicyclic) bond motifs is 1. The van der Waals surface area contributed by atoms with E-state index in [4.69, 9.17) is 30.5 Å². The number of hydrogen-bond acceptors (Lipinski definition) is 5. The van der Waals surface area contributed by atoms with Gasteiger partial charge in [-0.05, 0) is 66.4 Å². The second kappa shape index (κ2) is 10.5. The van der Waals surface area contributed by atoms with Crippen LogP contribution in [-0.4, -0.2) is 33.3 Å². The molecule has 1 unspecified atom stereocenters. The fraction of sp³-hybridized carbons (Fsp3) is 0.321. The van der Waals surface area contributed by atoms with Gasteiger partial charge in [0.15, 0.2) is 23.0 Å². The van der Waals surface area contributed by atoms with Crippen molar-refractivity contribution >= 4 is 23.2 Å². The average molecular weight is 496 g/mol. The van der Waals surface area contributed by atoms with Crippen molar-refractivity contribution in [2.75, 3.05) is 26.2 Å². The van der Waals surface area contributed by atoms with Gasteiger partial charge in [0.05, 0.1) is 39.9 Å². The van der Waals surface area contributed by atoms with E-state index in [1.165, 1.54) is 0 Å². The van der Waals surface area contributed by atoms with Crippen molar-refractivity contribution in [3.8, 4) is 23.0 Å². The minimum Gasteiger partial charge on any atom is -0.493 e. The first-order chi connectivity index (χ1) is 16.9. The Hall–Kier alpha value is -3.38. The third-order valence-electron chi connectivity index (χ3n) is 6.32. The molecule has 0 bridgehead atoms. The highest BCUT2D eigenvalue weighted by Gasteiger charge is 2.36. The topological polar surface area (TPSA) is 57.2 Å². The Morgan fingerprint density at radius 1 is 0.914 bits per heavy atom. The molecule has 3 aromatic rings. The largest absolute Gasteiger partial charge is 0.493 e. The van der Waals surface area contributed by atoms with E-state index < -0.39 is 6.04 Å². The number of carbonyl (C=O) groups excluding carboxylic acids is 1. The summed E-state index contributed by atoms with van der Waals surface area (Å²) in [6.45, 7) is 4.10. The average Bonchev–Trinajstić information content (AvgIpc) is 2.87. The van der Waals surface area contributed by atoms with Gasteiger partial charge in [-0.25, -0.2) is 0 Å². The van der Waals surface area contributed by atoms with E-state index in [9.17, 15) is 4.79 Å². The predicted octanol–water partition coefficient (Wildman–Crippen LogP) is 6.22. The molecule has 0 N–H and O–H groups in total. The smallest absolute Gasteiger partial charge is 0.232 e. The highest BCUT2D eigenvalue weighted by molar-refractivity contribution is 6.30. The van der Waals surface area contributed by atoms with E-state index in [0.29, 0.717) is 33.7 Å². The molecule has 1 aliphatic rings. The van der Waals surface area contributed by atoms with Crippen molar-refractivity contribution < 1.29 is 23.7 Å². The van der Waals surface area contributed by atoms with Crippen molar-refractivity contribution in [3.63, 3.8) is 0 Å². The lowest BCUT2D eigenvalue weighted by molar-refractivity contribution is -0.118. The second-order valence-electron chi connectivity index (χ2n) is 8.47. The van der Waals surface area contributed by atoms with Crippen LogP contribution in [0.3, 0.4) is 0 Å². The molecule has 0 saturated heterocycles. The van der Waals surface area contributed by atoms with Crippen LogP contribution in [0.5, 0.6) is 23.0 Å². The van der Waals surface area contributed by atoms with Gasteiger partial charge in [-0.15, -0.1) is 0 Å². The highest BCUT2D eigenvalue weighted by Crippen LogP contribution is 2.45. The van der Waals surface area contributed by atoms with Crippen LogP contribution < -0.4 is 23.8 Å². The lowest BCUT2D eigenvalue weighted by Gasteiger charge is -2.38. The normalized spacial score (nSPS) is 15.9. The molecule has 1 amide bonds. The zero-order valence-electron chi connectivity index (χ0n) is 20.6. The predicted molar refractivity (Wildman–Crippen MR) is 137 cm³/mol. The molecule has 1 heterocycles. The summed E-state index contributed by atoms with van der Waals surface area (Å²) in [4.78, 5) is 15.4. The Morgan fingerprint density at radius 2 is 1.57 bits per heavy atom. The molecule has 0 fully saturated rings. The van der Waals surface area contributed by atoms with Crippen molar-refractivity contribution in [1.29, 1.82) is 0 Å². The Morgan fingerprint density at radius 3 is 2.20 bits per heavy atom. The summed E-state index contributed by atoms with van der Waals surface area (Å²) in [7, 11) is 4.78. The molecule has 2 atom stereocenters. The molecule has 35 heavy (non-hydrogen) atoms. The monoisotopic (exact) mass is 495 g/mol. The molecule has 6 nitrogen and oxygen atoms in total. The van der Waals surface area contributed by atoms with E-state index in [1.807, 2.05) is 55.5 Å². The van der Waals surface area contributed by atoms with E-state index >= 15 is 0 Å². The fourth-order valence-corrected chi connectivity index (χ4v) is 4.48. The van der Waals surface area contributed by atoms with Gasteiger partial charge in [-0.2, -0.15) is 0 Å². The first-order valence-electron chi connectivity index (χ1n) is 11.6. The van der Waals surface area contributed by atoms with Crippen LogP contribution in [-0.2, 0) is 11.2 Å². The summed E-state index contributed by atoms with van der Waals surface area (Å²) in [5, 5.41) is 0.629. The standard InChI is InChI=1S/C28H30ClNO5/c1-6-17(2)35-26-16-22-19(13-24(26)33-4)14-27(31)30(28(22)18-7-9-20(29)10-8-18)21-11-12-23(32-3)25(15-21)34-5/h7-13,15-17,28H,6,14H2,1-5H3/t17-,28?/m1/s1. The number of methoxy groups -OCH3 is 3. The molecule has 0 aromatic heterocycles. The molecule has 7 heteroatoms. The molecule has 3 aromatic carbocycles. The van der Waals surface area contributed by atoms with E-state index in [-0.39, 0.29) is 18.4 Å². The molecule has 0 saturated carbocycles. The molecule has 4 rings (SSSR count). The zero-order valence-corrected chi connectivity index (χ0v) is 21.4. The van der Waals surface area contributed by atoms with Crippen LogP contribution in [0.15, 0.2) is 54.6 Å². The number of amides is 1. The number of hydrogen-bond donors (Lipinski definition) is 0. The quantitative estimate of drug-likeness (QED) is 0.371. The maximum Gasteiger partial charge on any atom is 0.232 e. The molecular weight excluding hydrogens is 466 g/mol. The van der Waals surface area contributed by atoms with E-state index in [1.54, 1.807) is 32.3 Å². The number of ether oxygens (including phenoxy) is 4. The van der Waals surface area contributed by atoms with E-state index in [0.717, 1.165) is 23.1 Å². The van der Waals surface area contributed by atoms with Crippen LogP contribution >= 0.6 is 11.6 Å². The van der Waals surface area contributed by atoms with E-state index in [2.05, 4.69) is 6.92 Å². The Kier molecular flexibility index (Phi) is 7.41. The minimum atomic E-state index is -0.396. The van der Waals surface area contributed by atoms with Crippen LogP contribution in [0.25, 0.3) is 0 Å². The first kappa shape index (κ1) is 24.7. The highest BCUT2D eigenvalue weighted by atomic mass is 35.5. The maximum atomic E-state index is 13.6. The van der Waals surface area contributed by atoms with Crippen LogP contribution in [0.2, 0.25) is 5.02 Å². The Labute approximate surface area is 211 Å². The van der Waals surface area contributed by atoms with Crippen LogP contribution in [0.4, 0.5) is 5.69 Å². The van der Waals surface area contributed by atoms with Crippen molar-refractivity contribution in [2.45, 2.75) is 38.8 Å². The lowest BCUT2D eigenvalue weighted by atomic mass is 9.86. The number of rotatable bonds is 8. The van der Waals surface area contributed by atoms with Gasteiger partial charge in [0.2, 0.25) is 5.91 Å². The molecule has 1 aliphatic heterocycles. The zero-order chi connectivity index (χ0) is 25.1. The summed E-state index contributed by atoms with van der Waals surface area (Å²) >= 11 is 6.20. The van der Waals surface area contributed by atoms with Crippen LogP contribution in [0.1, 0.15) is 43.0 Å². The van der Waals surface area contributed by atoms with Gasteiger partial charge >= 0.3 is 0 Å². The molecule has 0 radical (unpaired) electrons. The van der Waals surface area contributed by atoms with Crippen LogP contribution in [0, 0.1) is 0 Å². The summed E-state index contributed by atoms with van der Waals surface area (Å²) in [6.07, 6.45) is 1.10. The maximum absolute atomic E-state index is 13.6. The second-order valence-corrected chi connectivity index (χ2v) is 8.91. The number of halogens is 1. The first-order valence-corrected chi connectivity index (χ1v) is 11.9. The minimum absolute atomic E-state index is 0.0168. The SMILES string of the molecule is CC[C@@H](C)Oc1cc2c(cc1OC)CC(=O)N(c1ccc(OC)c(OC)c1)C2c1ccc(Cl)cc1. The third kappa shape index (κ3) is 4.89. The van der Waals surface area contributed by atoms with Crippen molar-refractivity contribution in [2.24, 2.45) is 0 Å². The van der Waals surface area contributed by atoms with Gasteiger partial charge in [0.25, 0.3) is 0 Å². The Bertz CT molecular complexity index is 1210. The number of carbonyl (C=O) groups is 1. The lowest BCUT2D eigenvalue weighted by Crippen LogP contribution is -2.41. The van der Waals surface area contributed by atoms with Crippen molar-refractivity contribution in [3.05, 3.63) is 76.3 Å². The number of benzene rings is 3. The van der Waals surface area contributed by atoms with Gasteiger partial charge in [-0.3, -0.25) is 4.79 Å². The fourth-order valence-electron chi connectivity index (χ4n) is 4.35. The number of nitrogens with zero attached hydrogens (tertiary/aromatic N) is 1. The van der Waals surface area contributed by atoms with Crippen molar-refractivity contribution in [1.82, 2.24) is 0 Å². The molecular formula is C28H30ClNO5. The molecule has 0 spiro atoms. The van der Waals surface area contributed by atoms with Gasteiger partial charge in [0, 0.05) is 16.8 Å². The summed E-state index contributed by atoms with van der Waals surface area (Å²) in [5.41, 5.74) is 3.51. The Balaban J connectivity index is 1.92. The summed E-state index contributed by atoms with van der Waals surface area (Å²) < 4.78 is 22.7. The van der Waals surface area contributed by atoms with Gasteiger partial charge in [-0.1, -0.05) is 30.7 Å². The summed E-state index contributed by atoms with van der Waals surface area (Å²) in [5.74, 6) is 2.38. The van der Waals surface area contributed by atoms with Gasteiger partial charge in [0.1, 0.15) is 0 Å². The summed E-state index contributed by atoms with van der Waals surface area (Å²) in [6, 6.07) is 16.6. The molecule has 0 aliphatic carbocycles. The number of anilines is 1.